The van der Waals surface area contributed by atoms with Crippen molar-refractivity contribution in [3.8, 4) is 11.3 Å². The molecule has 0 saturated carbocycles. The van der Waals surface area contributed by atoms with Crippen LogP contribution in [-0.4, -0.2) is 22.9 Å². The van der Waals surface area contributed by atoms with E-state index in [2.05, 4.69) is 5.10 Å². The Kier molecular flexibility index (Phi) is 4.42. The van der Waals surface area contributed by atoms with E-state index in [4.69, 9.17) is 4.74 Å². The number of carbonyl (C=O) groups excluding carboxylic acids is 1. The Morgan fingerprint density at radius 1 is 1.12 bits per heavy atom. The molecule has 3 rings (SSSR count). The van der Waals surface area contributed by atoms with E-state index in [1.807, 2.05) is 49.4 Å². The number of benzene rings is 2. The number of nitrogens with zero attached hydrogens (tertiary/aromatic N) is 2. The Balaban J connectivity index is 2.09. The predicted molar refractivity (Wildman–Crippen MR) is 92.8 cm³/mol. The van der Waals surface area contributed by atoms with Crippen LogP contribution in [0.1, 0.15) is 19.4 Å². The lowest BCUT2D eigenvalue weighted by Crippen LogP contribution is -2.32. The topological polar surface area (TPSA) is 61.2 Å². The number of methoxy groups -OCH3 is 1. The first-order valence-electron chi connectivity index (χ1n) is 7.81. The minimum atomic E-state index is -0.720. The second-order valence-corrected chi connectivity index (χ2v) is 5.51. The Hall–Kier alpha value is -2.95. The highest BCUT2D eigenvalue weighted by atomic mass is 16.5. The van der Waals surface area contributed by atoms with Gasteiger partial charge < -0.3 is 4.74 Å². The van der Waals surface area contributed by atoms with Gasteiger partial charge in [0.2, 0.25) is 0 Å². The molecule has 0 spiro atoms. The summed E-state index contributed by atoms with van der Waals surface area (Å²) >= 11 is 0. The largest absolute Gasteiger partial charge is 0.467 e. The lowest BCUT2D eigenvalue weighted by Gasteiger charge is -2.15. The van der Waals surface area contributed by atoms with Crippen LogP contribution < -0.4 is 5.56 Å². The summed E-state index contributed by atoms with van der Waals surface area (Å²) in [7, 11) is 1.31. The van der Waals surface area contributed by atoms with E-state index in [0.717, 1.165) is 16.3 Å². The smallest absolute Gasteiger partial charge is 0.330 e. The zero-order valence-electron chi connectivity index (χ0n) is 13.6. The van der Waals surface area contributed by atoms with Crippen molar-refractivity contribution < 1.29 is 9.53 Å². The lowest BCUT2D eigenvalue weighted by molar-refractivity contribution is -0.145. The van der Waals surface area contributed by atoms with Crippen molar-refractivity contribution in [2.24, 2.45) is 0 Å². The average molecular weight is 322 g/mol. The second kappa shape index (κ2) is 6.66. The fraction of sp³-hybridized carbons (Fsp3) is 0.211. The zero-order valence-corrected chi connectivity index (χ0v) is 13.6. The van der Waals surface area contributed by atoms with Crippen LogP contribution >= 0.6 is 0 Å². The summed E-state index contributed by atoms with van der Waals surface area (Å²) in [6, 6.07) is 16.4. The van der Waals surface area contributed by atoms with Gasteiger partial charge in [0.15, 0.2) is 6.04 Å². The molecule has 1 aromatic heterocycles. The standard InChI is InChI=1S/C19H18N2O3/c1-3-17(19(23)24-2)21-18(22)11-10-16(20-21)15-9-8-13-6-4-5-7-14(13)12-15/h4-12,17H,3H2,1-2H3/t17-/m0/s1. The van der Waals surface area contributed by atoms with E-state index in [9.17, 15) is 9.59 Å². The fourth-order valence-electron chi connectivity index (χ4n) is 2.73. The number of esters is 1. The summed E-state index contributed by atoms with van der Waals surface area (Å²) in [5, 5.41) is 6.62. The second-order valence-electron chi connectivity index (χ2n) is 5.51. The van der Waals surface area contributed by atoms with E-state index in [-0.39, 0.29) is 5.56 Å². The van der Waals surface area contributed by atoms with Gasteiger partial charge in [0.25, 0.3) is 5.56 Å². The monoisotopic (exact) mass is 322 g/mol. The maximum absolute atomic E-state index is 12.1. The van der Waals surface area contributed by atoms with Crippen molar-refractivity contribution in [3.63, 3.8) is 0 Å². The number of hydrogen-bond donors (Lipinski definition) is 0. The summed E-state index contributed by atoms with van der Waals surface area (Å²) in [4.78, 5) is 24.0. The summed E-state index contributed by atoms with van der Waals surface area (Å²) in [6.45, 7) is 1.82. The highest BCUT2D eigenvalue weighted by molar-refractivity contribution is 5.86. The highest BCUT2D eigenvalue weighted by Crippen LogP contribution is 2.23. The normalized spacial score (nSPS) is 12.1. The van der Waals surface area contributed by atoms with E-state index < -0.39 is 12.0 Å². The average Bonchev–Trinajstić information content (AvgIpc) is 2.63. The predicted octanol–water partition coefficient (Wildman–Crippen LogP) is 3.19. The van der Waals surface area contributed by atoms with Gasteiger partial charge in [0, 0.05) is 11.6 Å². The third kappa shape index (κ3) is 2.93. The molecule has 0 fully saturated rings. The Morgan fingerprint density at radius 3 is 2.58 bits per heavy atom. The van der Waals surface area contributed by atoms with Gasteiger partial charge in [-0.2, -0.15) is 5.10 Å². The van der Waals surface area contributed by atoms with Crippen LogP contribution in [0.5, 0.6) is 0 Å². The molecular weight excluding hydrogens is 304 g/mol. The van der Waals surface area contributed by atoms with Gasteiger partial charge in [-0.25, -0.2) is 9.48 Å². The molecule has 0 amide bonds. The molecule has 1 heterocycles. The third-order valence-electron chi connectivity index (χ3n) is 4.03. The molecule has 122 valence electrons. The summed E-state index contributed by atoms with van der Waals surface area (Å²) in [5.74, 6) is -0.470. The van der Waals surface area contributed by atoms with Crippen LogP contribution in [0, 0.1) is 0 Å². The molecule has 1 atom stereocenters. The first kappa shape index (κ1) is 15.9. The molecule has 2 aromatic carbocycles. The third-order valence-corrected chi connectivity index (χ3v) is 4.03. The molecule has 5 nitrogen and oxygen atoms in total. The van der Waals surface area contributed by atoms with E-state index in [1.165, 1.54) is 17.9 Å². The van der Waals surface area contributed by atoms with Crippen molar-refractivity contribution in [2.45, 2.75) is 19.4 Å². The number of hydrogen-bond acceptors (Lipinski definition) is 4. The molecule has 0 N–H and O–H groups in total. The fourth-order valence-corrected chi connectivity index (χ4v) is 2.73. The van der Waals surface area contributed by atoms with Gasteiger partial charge in [-0.05, 0) is 29.3 Å². The Labute approximate surface area is 139 Å². The molecule has 0 aliphatic heterocycles. The maximum Gasteiger partial charge on any atom is 0.330 e. The quantitative estimate of drug-likeness (QED) is 0.692. The van der Waals surface area contributed by atoms with Crippen LogP contribution in [0.4, 0.5) is 0 Å². The van der Waals surface area contributed by atoms with Crippen LogP contribution in [0.2, 0.25) is 0 Å². The number of carbonyl (C=O) groups is 1. The SMILES string of the molecule is CC[C@@H](C(=O)OC)n1nc(-c2ccc3ccccc3c2)ccc1=O. The van der Waals surface area contributed by atoms with Crippen molar-refractivity contribution in [2.75, 3.05) is 7.11 Å². The van der Waals surface area contributed by atoms with Crippen molar-refractivity contribution in [1.29, 1.82) is 0 Å². The van der Waals surface area contributed by atoms with Gasteiger partial charge in [-0.3, -0.25) is 4.79 Å². The first-order chi connectivity index (χ1) is 11.6. The molecule has 0 aliphatic carbocycles. The Morgan fingerprint density at radius 2 is 1.88 bits per heavy atom. The number of rotatable bonds is 4. The van der Waals surface area contributed by atoms with Gasteiger partial charge in [-0.15, -0.1) is 0 Å². The Bertz CT molecular complexity index is 946. The van der Waals surface area contributed by atoms with Crippen LogP contribution in [-0.2, 0) is 9.53 Å². The summed E-state index contributed by atoms with van der Waals surface area (Å²) in [5.41, 5.74) is 1.21. The van der Waals surface area contributed by atoms with Crippen molar-refractivity contribution in [3.05, 3.63) is 65.0 Å². The zero-order chi connectivity index (χ0) is 17.1. The highest BCUT2D eigenvalue weighted by Gasteiger charge is 2.21. The number of fused-ring (bicyclic) bond motifs is 1. The van der Waals surface area contributed by atoms with Crippen LogP contribution in [0.15, 0.2) is 59.4 Å². The van der Waals surface area contributed by atoms with E-state index >= 15 is 0 Å². The molecule has 0 radical (unpaired) electrons. The molecule has 5 heteroatoms. The molecule has 0 aliphatic rings. The first-order valence-corrected chi connectivity index (χ1v) is 7.81. The van der Waals surface area contributed by atoms with Gasteiger partial charge in [-0.1, -0.05) is 43.3 Å². The minimum absolute atomic E-state index is 0.322. The van der Waals surface area contributed by atoms with E-state index in [1.54, 1.807) is 6.07 Å². The van der Waals surface area contributed by atoms with Gasteiger partial charge in [0.1, 0.15) is 0 Å². The summed E-state index contributed by atoms with van der Waals surface area (Å²) in [6.07, 6.45) is 0.431. The molecular formula is C19H18N2O3. The van der Waals surface area contributed by atoms with E-state index in [0.29, 0.717) is 12.1 Å². The molecule has 0 unspecified atom stereocenters. The minimum Gasteiger partial charge on any atom is -0.467 e. The lowest BCUT2D eigenvalue weighted by atomic mass is 10.1. The number of aromatic nitrogens is 2. The van der Waals surface area contributed by atoms with Crippen molar-refractivity contribution >= 4 is 16.7 Å². The van der Waals surface area contributed by atoms with Gasteiger partial charge in [0.05, 0.1) is 12.8 Å². The summed E-state index contributed by atoms with van der Waals surface area (Å²) < 4.78 is 5.98. The van der Waals surface area contributed by atoms with Crippen LogP contribution in [0.3, 0.4) is 0 Å². The molecule has 3 aromatic rings. The van der Waals surface area contributed by atoms with Crippen LogP contribution in [0.25, 0.3) is 22.0 Å². The molecule has 0 bridgehead atoms. The molecule has 24 heavy (non-hydrogen) atoms. The number of ether oxygens (including phenoxy) is 1. The molecule has 0 saturated heterocycles. The van der Waals surface area contributed by atoms with Gasteiger partial charge >= 0.3 is 5.97 Å². The van der Waals surface area contributed by atoms with Crippen molar-refractivity contribution in [1.82, 2.24) is 9.78 Å². The maximum atomic E-state index is 12.1.